The average Bonchev–Trinajstić information content (AvgIpc) is 2.49. The van der Waals surface area contributed by atoms with E-state index in [4.69, 9.17) is 9.47 Å². The molecule has 1 fully saturated rings. The Balaban J connectivity index is 0.00000242. The summed E-state index contributed by atoms with van der Waals surface area (Å²) in [5.74, 6) is 1.54. The first-order valence-electron chi connectivity index (χ1n) is 7.39. The quantitative estimate of drug-likeness (QED) is 0.898. The molecule has 1 aromatic rings. The number of carbonyl (C=O) groups excluding carboxylic acids is 1. The van der Waals surface area contributed by atoms with Crippen molar-refractivity contribution < 1.29 is 14.3 Å². The Morgan fingerprint density at radius 3 is 2.86 bits per heavy atom. The fourth-order valence-electron chi connectivity index (χ4n) is 2.50. The van der Waals surface area contributed by atoms with Crippen molar-refractivity contribution in [2.45, 2.75) is 26.3 Å². The second kappa shape index (κ2) is 8.86. The van der Waals surface area contributed by atoms with E-state index >= 15 is 0 Å². The van der Waals surface area contributed by atoms with Gasteiger partial charge >= 0.3 is 0 Å². The maximum absolute atomic E-state index is 12.2. The van der Waals surface area contributed by atoms with Gasteiger partial charge in [-0.2, -0.15) is 0 Å². The number of amides is 1. The van der Waals surface area contributed by atoms with Gasteiger partial charge in [-0.25, -0.2) is 0 Å². The molecule has 1 aromatic carbocycles. The molecule has 124 valence electrons. The SMILES string of the molecule is COc1cc(C)ccc1OCCC(=O)N1CCNCC1C.Cl. The Kier molecular flexibility index (Phi) is 7.48. The molecule has 6 heteroatoms. The minimum Gasteiger partial charge on any atom is -0.493 e. The average molecular weight is 329 g/mol. The summed E-state index contributed by atoms with van der Waals surface area (Å²) in [4.78, 5) is 14.1. The molecule has 0 aliphatic carbocycles. The minimum atomic E-state index is 0. The number of methoxy groups -OCH3 is 1. The Bertz CT molecular complexity index is 496. The lowest BCUT2D eigenvalue weighted by Crippen LogP contribution is -2.52. The fourth-order valence-corrected chi connectivity index (χ4v) is 2.50. The summed E-state index contributed by atoms with van der Waals surface area (Å²) in [5.41, 5.74) is 1.12. The topological polar surface area (TPSA) is 50.8 Å². The van der Waals surface area contributed by atoms with Gasteiger partial charge in [-0.1, -0.05) is 6.07 Å². The summed E-state index contributed by atoms with van der Waals surface area (Å²) in [6, 6.07) is 6.03. The molecule has 1 saturated heterocycles. The van der Waals surface area contributed by atoms with Gasteiger partial charge in [0.25, 0.3) is 0 Å². The number of halogens is 1. The lowest BCUT2D eigenvalue weighted by atomic mass is 10.2. The van der Waals surface area contributed by atoms with Crippen LogP contribution in [-0.4, -0.2) is 50.2 Å². The van der Waals surface area contributed by atoms with Crippen LogP contribution in [0.25, 0.3) is 0 Å². The predicted octanol–water partition coefficient (Wildman–Crippen LogP) is 2.01. The molecule has 1 N–H and O–H groups in total. The molecule has 0 spiro atoms. The number of carbonyl (C=O) groups is 1. The molecule has 1 amide bonds. The Labute approximate surface area is 138 Å². The third-order valence-electron chi connectivity index (χ3n) is 3.71. The number of rotatable bonds is 5. The number of hydrogen-bond acceptors (Lipinski definition) is 4. The van der Waals surface area contributed by atoms with E-state index in [1.165, 1.54) is 0 Å². The first kappa shape index (κ1) is 18.6. The van der Waals surface area contributed by atoms with E-state index in [1.54, 1.807) is 7.11 Å². The number of piperazine rings is 1. The largest absolute Gasteiger partial charge is 0.493 e. The van der Waals surface area contributed by atoms with Gasteiger partial charge < -0.3 is 19.7 Å². The second-order valence-electron chi connectivity index (χ2n) is 5.39. The summed E-state index contributed by atoms with van der Waals surface area (Å²) in [7, 11) is 1.62. The first-order valence-corrected chi connectivity index (χ1v) is 7.39. The maximum Gasteiger partial charge on any atom is 0.226 e. The van der Waals surface area contributed by atoms with Crippen LogP contribution in [0.5, 0.6) is 11.5 Å². The summed E-state index contributed by atoms with van der Waals surface area (Å²) in [5, 5.41) is 3.28. The molecule has 1 atom stereocenters. The van der Waals surface area contributed by atoms with Crippen molar-refractivity contribution in [1.29, 1.82) is 0 Å². The lowest BCUT2D eigenvalue weighted by Gasteiger charge is -2.34. The molecule has 1 heterocycles. The van der Waals surface area contributed by atoms with E-state index in [1.807, 2.05) is 30.0 Å². The molecule has 1 aliphatic heterocycles. The van der Waals surface area contributed by atoms with Crippen LogP contribution >= 0.6 is 12.4 Å². The van der Waals surface area contributed by atoms with Crippen molar-refractivity contribution in [2.75, 3.05) is 33.4 Å². The van der Waals surface area contributed by atoms with Crippen molar-refractivity contribution in [3.05, 3.63) is 23.8 Å². The third kappa shape index (κ3) is 4.78. The Morgan fingerprint density at radius 1 is 1.41 bits per heavy atom. The van der Waals surface area contributed by atoms with Crippen molar-refractivity contribution in [3.63, 3.8) is 0 Å². The van der Waals surface area contributed by atoms with Crippen LogP contribution in [0.2, 0.25) is 0 Å². The molecular formula is C16H25ClN2O3. The molecule has 2 rings (SSSR count). The molecule has 0 aromatic heterocycles. The zero-order chi connectivity index (χ0) is 15.2. The summed E-state index contributed by atoms with van der Waals surface area (Å²) < 4.78 is 11.0. The van der Waals surface area contributed by atoms with Gasteiger partial charge in [0.2, 0.25) is 5.91 Å². The van der Waals surface area contributed by atoms with Crippen molar-refractivity contribution in [3.8, 4) is 11.5 Å². The van der Waals surface area contributed by atoms with Crippen molar-refractivity contribution >= 4 is 18.3 Å². The van der Waals surface area contributed by atoms with Crippen molar-refractivity contribution in [1.82, 2.24) is 10.2 Å². The molecule has 1 aliphatic rings. The van der Waals surface area contributed by atoms with E-state index < -0.39 is 0 Å². The second-order valence-corrected chi connectivity index (χ2v) is 5.39. The number of hydrogen-bond donors (Lipinski definition) is 1. The van der Waals surface area contributed by atoms with E-state index in [-0.39, 0.29) is 24.4 Å². The van der Waals surface area contributed by atoms with Gasteiger partial charge in [0.15, 0.2) is 11.5 Å². The highest BCUT2D eigenvalue weighted by Gasteiger charge is 2.22. The number of aryl methyl sites for hydroxylation is 1. The van der Waals surface area contributed by atoms with Crippen molar-refractivity contribution in [2.24, 2.45) is 0 Å². The smallest absolute Gasteiger partial charge is 0.226 e. The number of ether oxygens (including phenoxy) is 2. The highest BCUT2D eigenvalue weighted by Crippen LogP contribution is 2.27. The molecule has 22 heavy (non-hydrogen) atoms. The highest BCUT2D eigenvalue weighted by molar-refractivity contribution is 5.85. The number of nitrogens with zero attached hydrogens (tertiary/aromatic N) is 1. The van der Waals surface area contributed by atoms with Gasteiger partial charge in [0, 0.05) is 25.7 Å². The normalized spacial score (nSPS) is 17.6. The van der Waals surface area contributed by atoms with Gasteiger partial charge in [-0.05, 0) is 31.5 Å². The molecule has 0 radical (unpaired) electrons. The molecule has 0 saturated carbocycles. The molecular weight excluding hydrogens is 304 g/mol. The Hall–Kier alpha value is -1.46. The molecule has 0 bridgehead atoms. The van der Waals surface area contributed by atoms with E-state index in [9.17, 15) is 4.79 Å². The zero-order valence-electron chi connectivity index (χ0n) is 13.4. The van der Waals surface area contributed by atoms with Crippen LogP contribution in [0.4, 0.5) is 0 Å². The third-order valence-corrected chi connectivity index (χ3v) is 3.71. The summed E-state index contributed by atoms with van der Waals surface area (Å²) in [6.45, 7) is 6.93. The van der Waals surface area contributed by atoms with E-state index in [0.717, 1.165) is 25.2 Å². The van der Waals surface area contributed by atoms with Crippen LogP contribution in [-0.2, 0) is 4.79 Å². The lowest BCUT2D eigenvalue weighted by molar-refractivity contribution is -0.134. The van der Waals surface area contributed by atoms with Crippen LogP contribution in [0, 0.1) is 6.92 Å². The van der Waals surface area contributed by atoms with Crippen LogP contribution in [0.1, 0.15) is 18.9 Å². The van der Waals surface area contributed by atoms with Crippen LogP contribution < -0.4 is 14.8 Å². The molecule has 1 unspecified atom stereocenters. The summed E-state index contributed by atoms with van der Waals surface area (Å²) in [6.07, 6.45) is 0.390. The fraction of sp³-hybridized carbons (Fsp3) is 0.562. The van der Waals surface area contributed by atoms with Gasteiger partial charge in [0.1, 0.15) is 0 Å². The monoisotopic (exact) mass is 328 g/mol. The van der Waals surface area contributed by atoms with Crippen LogP contribution in [0.15, 0.2) is 18.2 Å². The predicted molar refractivity (Wildman–Crippen MR) is 89.1 cm³/mol. The minimum absolute atomic E-state index is 0. The van der Waals surface area contributed by atoms with Crippen LogP contribution in [0.3, 0.4) is 0 Å². The van der Waals surface area contributed by atoms with Gasteiger partial charge in [0.05, 0.1) is 20.1 Å². The van der Waals surface area contributed by atoms with E-state index in [0.29, 0.717) is 24.5 Å². The first-order chi connectivity index (χ1) is 10.1. The van der Waals surface area contributed by atoms with E-state index in [2.05, 4.69) is 12.2 Å². The summed E-state index contributed by atoms with van der Waals surface area (Å²) >= 11 is 0. The van der Waals surface area contributed by atoms with Gasteiger partial charge in [-0.15, -0.1) is 12.4 Å². The maximum atomic E-state index is 12.2. The number of benzene rings is 1. The Morgan fingerprint density at radius 2 is 2.18 bits per heavy atom. The zero-order valence-corrected chi connectivity index (χ0v) is 14.2. The molecule has 5 nitrogen and oxygen atoms in total. The number of nitrogens with one attached hydrogen (secondary N) is 1. The standard InChI is InChI=1S/C16H24N2O3.ClH/c1-12-4-5-14(15(10-12)20-3)21-9-6-16(19)18-8-7-17-11-13(18)2;/h4-5,10,13,17H,6-9,11H2,1-3H3;1H. The highest BCUT2D eigenvalue weighted by atomic mass is 35.5. The van der Waals surface area contributed by atoms with Gasteiger partial charge in [-0.3, -0.25) is 4.79 Å².